The Bertz CT molecular complexity index is 347. The fourth-order valence-electron chi connectivity index (χ4n) is 1.14. The molecule has 1 amide bonds. The van der Waals surface area contributed by atoms with Crippen molar-refractivity contribution in [3.05, 3.63) is 5.82 Å². The van der Waals surface area contributed by atoms with E-state index in [0.717, 1.165) is 0 Å². The lowest BCUT2D eigenvalue weighted by Gasteiger charge is -2.24. The maximum absolute atomic E-state index is 11.6. The molecule has 0 saturated carbocycles. The van der Waals surface area contributed by atoms with Gasteiger partial charge in [-0.25, -0.2) is 0 Å². The summed E-state index contributed by atoms with van der Waals surface area (Å²) >= 11 is 0. The smallest absolute Gasteiger partial charge is 0.289 e. The molecule has 0 atom stereocenters. The van der Waals surface area contributed by atoms with E-state index in [1.807, 2.05) is 13.8 Å². The van der Waals surface area contributed by atoms with Crippen molar-refractivity contribution in [3.8, 4) is 0 Å². The third kappa shape index (κ3) is 3.21. The summed E-state index contributed by atoms with van der Waals surface area (Å²) in [6.45, 7) is 4.09. The molecule has 0 aromatic carbocycles. The molecule has 0 aliphatic heterocycles. The quantitative estimate of drug-likeness (QED) is 0.627. The molecule has 0 aliphatic rings. The van der Waals surface area contributed by atoms with Crippen LogP contribution in [0.2, 0.25) is 0 Å². The summed E-state index contributed by atoms with van der Waals surface area (Å²) in [5, 5.41) is 8.73. The van der Waals surface area contributed by atoms with E-state index in [1.165, 1.54) is 0 Å². The SMILES string of the molecule is COCC(C)(C)NC(=O)c1nc(N)n[nH]1. The lowest BCUT2D eigenvalue weighted by Crippen LogP contribution is -2.47. The number of anilines is 1. The number of nitrogens with two attached hydrogens (primary N) is 1. The zero-order valence-electron chi connectivity index (χ0n) is 9.00. The Labute approximate surface area is 87.4 Å². The van der Waals surface area contributed by atoms with E-state index in [-0.39, 0.29) is 17.7 Å². The molecular formula is C8H15N5O2. The number of aromatic amines is 1. The van der Waals surface area contributed by atoms with Crippen LogP contribution in [0.3, 0.4) is 0 Å². The molecule has 0 spiro atoms. The number of aromatic nitrogens is 3. The van der Waals surface area contributed by atoms with Gasteiger partial charge in [0.2, 0.25) is 11.8 Å². The number of rotatable bonds is 4. The highest BCUT2D eigenvalue weighted by Gasteiger charge is 2.22. The van der Waals surface area contributed by atoms with Crippen LogP contribution in [0.25, 0.3) is 0 Å². The zero-order chi connectivity index (χ0) is 11.5. The van der Waals surface area contributed by atoms with E-state index in [1.54, 1.807) is 7.11 Å². The fourth-order valence-corrected chi connectivity index (χ4v) is 1.14. The second kappa shape index (κ2) is 4.26. The van der Waals surface area contributed by atoms with Crippen LogP contribution >= 0.6 is 0 Å². The molecule has 7 heteroatoms. The minimum atomic E-state index is -0.465. The second-order valence-electron chi connectivity index (χ2n) is 3.81. The lowest BCUT2D eigenvalue weighted by molar-refractivity contribution is 0.0810. The molecule has 1 rings (SSSR count). The van der Waals surface area contributed by atoms with Crippen molar-refractivity contribution < 1.29 is 9.53 Å². The molecule has 4 N–H and O–H groups in total. The molecule has 84 valence electrons. The highest BCUT2D eigenvalue weighted by atomic mass is 16.5. The van der Waals surface area contributed by atoms with Crippen LogP contribution in [-0.4, -0.2) is 40.3 Å². The van der Waals surface area contributed by atoms with Gasteiger partial charge in [0.05, 0.1) is 12.1 Å². The third-order valence-corrected chi connectivity index (χ3v) is 1.67. The normalized spacial score (nSPS) is 11.4. The second-order valence-corrected chi connectivity index (χ2v) is 3.81. The molecule has 0 bridgehead atoms. The van der Waals surface area contributed by atoms with Gasteiger partial charge in [-0.2, -0.15) is 4.98 Å². The largest absolute Gasteiger partial charge is 0.382 e. The number of nitrogens with zero attached hydrogens (tertiary/aromatic N) is 2. The first kappa shape index (κ1) is 11.4. The molecule has 0 saturated heterocycles. The summed E-state index contributed by atoms with van der Waals surface area (Å²) in [6, 6.07) is 0. The van der Waals surface area contributed by atoms with Gasteiger partial charge < -0.3 is 15.8 Å². The fraction of sp³-hybridized carbons (Fsp3) is 0.625. The van der Waals surface area contributed by atoms with Crippen molar-refractivity contribution in [1.29, 1.82) is 0 Å². The first-order valence-electron chi connectivity index (χ1n) is 4.44. The first-order chi connectivity index (χ1) is 6.94. The van der Waals surface area contributed by atoms with Crippen LogP contribution < -0.4 is 11.1 Å². The van der Waals surface area contributed by atoms with Crippen molar-refractivity contribution in [2.75, 3.05) is 19.5 Å². The Morgan fingerprint density at radius 3 is 2.80 bits per heavy atom. The number of ether oxygens (including phenoxy) is 1. The zero-order valence-corrected chi connectivity index (χ0v) is 9.00. The molecule has 1 aromatic rings. The maximum Gasteiger partial charge on any atom is 0.289 e. The van der Waals surface area contributed by atoms with E-state index in [2.05, 4.69) is 20.5 Å². The number of hydrogen-bond acceptors (Lipinski definition) is 5. The van der Waals surface area contributed by atoms with Gasteiger partial charge >= 0.3 is 0 Å². The Morgan fingerprint density at radius 1 is 1.67 bits per heavy atom. The van der Waals surface area contributed by atoms with E-state index in [0.29, 0.717) is 6.61 Å². The highest BCUT2D eigenvalue weighted by molar-refractivity contribution is 5.91. The summed E-state index contributed by atoms with van der Waals surface area (Å²) in [5.41, 5.74) is 4.82. The Morgan fingerprint density at radius 2 is 2.33 bits per heavy atom. The third-order valence-electron chi connectivity index (χ3n) is 1.67. The Balaban J connectivity index is 2.63. The summed E-state index contributed by atoms with van der Waals surface area (Å²) in [6.07, 6.45) is 0. The lowest BCUT2D eigenvalue weighted by atomic mass is 10.1. The van der Waals surface area contributed by atoms with Gasteiger partial charge in [-0.15, -0.1) is 5.10 Å². The first-order valence-corrected chi connectivity index (χ1v) is 4.44. The predicted octanol–water partition coefficient (Wildman–Crippen LogP) is -0.458. The number of carbonyl (C=O) groups is 1. The standard InChI is InChI=1S/C8H15N5O2/c1-8(2,4-15-3)11-6(14)5-10-7(9)13-12-5/h4H2,1-3H3,(H,11,14)(H3,9,10,12,13). The van der Waals surface area contributed by atoms with Crippen molar-refractivity contribution in [2.45, 2.75) is 19.4 Å². The van der Waals surface area contributed by atoms with E-state index in [9.17, 15) is 4.79 Å². The number of H-pyrrole nitrogens is 1. The summed E-state index contributed by atoms with van der Waals surface area (Å²) < 4.78 is 4.96. The summed E-state index contributed by atoms with van der Waals surface area (Å²) in [4.78, 5) is 15.3. The topological polar surface area (TPSA) is 106 Å². The van der Waals surface area contributed by atoms with Crippen LogP contribution in [0.1, 0.15) is 24.5 Å². The van der Waals surface area contributed by atoms with Gasteiger partial charge in [-0.1, -0.05) is 0 Å². The van der Waals surface area contributed by atoms with Crippen LogP contribution in [0.15, 0.2) is 0 Å². The van der Waals surface area contributed by atoms with E-state index >= 15 is 0 Å². The molecule has 15 heavy (non-hydrogen) atoms. The van der Waals surface area contributed by atoms with Crippen molar-refractivity contribution in [3.63, 3.8) is 0 Å². The number of nitrogen functional groups attached to an aromatic ring is 1. The molecule has 1 heterocycles. The monoisotopic (exact) mass is 213 g/mol. The van der Waals surface area contributed by atoms with Crippen molar-refractivity contribution in [1.82, 2.24) is 20.5 Å². The van der Waals surface area contributed by atoms with Gasteiger partial charge in [0, 0.05) is 7.11 Å². The van der Waals surface area contributed by atoms with Crippen molar-refractivity contribution in [2.24, 2.45) is 0 Å². The highest BCUT2D eigenvalue weighted by Crippen LogP contribution is 2.03. The molecule has 7 nitrogen and oxygen atoms in total. The van der Waals surface area contributed by atoms with E-state index in [4.69, 9.17) is 10.5 Å². The summed E-state index contributed by atoms with van der Waals surface area (Å²) in [7, 11) is 1.57. The molecule has 0 fully saturated rings. The molecular weight excluding hydrogens is 198 g/mol. The van der Waals surface area contributed by atoms with Gasteiger partial charge in [-0.05, 0) is 13.8 Å². The summed E-state index contributed by atoms with van der Waals surface area (Å²) in [5.74, 6) is -0.220. The number of nitrogens with one attached hydrogen (secondary N) is 2. The minimum Gasteiger partial charge on any atom is -0.382 e. The van der Waals surface area contributed by atoms with Crippen LogP contribution in [0.4, 0.5) is 5.95 Å². The Hall–Kier alpha value is -1.63. The molecule has 0 aliphatic carbocycles. The van der Waals surface area contributed by atoms with Crippen molar-refractivity contribution >= 4 is 11.9 Å². The molecule has 0 radical (unpaired) electrons. The molecule has 1 aromatic heterocycles. The minimum absolute atomic E-state index is 0.0460. The van der Waals surface area contributed by atoms with Crippen LogP contribution in [0, 0.1) is 0 Å². The van der Waals surface area contributed by atoms with Gasteiger partial charge in [0.1, 0.15) is 0 Å². The van der Waals surface area contributed by atoms with Gasteiger partial charge in [-0.3, -0.25) is 9.89 Å². The van der Waals surface area contributed by atoms with Crippen LogP contribution in [-0.2, 0) is 4.74 Å². The number of methoxy groups -OCH3 is 1. The van der Waals surface area contributed by atoms with Crippen LogP contribution in [0.5, 0.6) is 0 Å². The number of amides is 1. The van der Waals surface area contributed by atoms with Gasteiger partial charge in [0.15, 0.2) is 0 Å². The molecule has 0 unspecified atom stereocenters. The average molecular weight is 213 g/mol. The maximum atomic E-state index is 11.6. The number of hydrogen-bond donors (Lipinski definition) is 3. The van der Waals surface area contributed by atoms with Gasteiger partial charge in [0.25, 0.3) is 5.91 Å². The Kier molecular flexibility index (Phi) is 3.25. The number of carbonyl (C=O) groups excluding carboxylic acids is 1. The van der Waals surface area contributed by atoms with E-state index < -0.39 is 5.54 Å². The predicted molar refractivity (Wildman–Crippen MR) is 54.2 cm³/mol. The average Bonchev–Trinajstić information content (AvgIpc) is 2.50.